The summed E-state index contributed by atoms with van der Waals surface area (Å²) >= 11 is 5.99. The van der Waals surface area contributed by atoms with Crippen LogP contribution in [-0.4, -0.2) is 13.6 Å². The number of rotatable bonds is 3. The van der Waals surface area contributed by atoms with Crippen molar-refractivity contribution < 1.29 is 0 Å². The van der Waals surface area contributed by atoms with E-state index in [1.165, 1.54) is 16.8 Å². The first-order chi connectivity index (χ1) is 10.2. The maximum Gasteiger partial charge on any atom is 0.101 e. The molecule has 2 aromatic carbocycles. The van der Waals surface area contributed by atoms with E-state index in [-0.39, 0.29) is 0 Å². The smallest absolute Gasteiger partial charge is 0.101 e. The number of benzene rings is 2. The zero-order valence-corrected chi connectivity index (χ0v) is 12.6. The van der Waals surface area contributed by atoms with Crippen molar-refractivity contribution in [1.82, 2.24) is 0 Å². The van der Waals surface area contributed by atoms with Crippen LogP contribution in [0.4, 0.5) is 11.4 Å². The van der Waals surface area contributed by atoms with Crippen molar-refractivity contribution in [2.45, 2.75) is 13.0 Å². The monoisotopic (exact) mass is 297 g/mol. The molecular formula is C17H16ClN3. The van der Waals surface area contributed by atoms with Gasteiger partial charge in [-0.3, -0.25) is 0 Å². The lowest BCUT2D eigenvalue weighted by Gasteiger charge is -2.13. The standard InChI is InChI=1S/C17H16ClN3/c1-21-7-6-13-8-12(2-5-17(13)21)11-20-16-9-15(18)4-3-14(16)10-19/h2-5,8-9,20H,6-7,11H2,1H3. The SMILES string of the molecule is CN1CCc2cc(CNc3cc(Cl)ccc3C#N)ccc21. The minimum absolute atomic E-state index is 0.611. The summed E-state index contributed by atoms with van der Waals surface area (Å²) in [5.74, 6) is 0. The summed E-state index contributed by atoms with van der Waals surface area (Å²) in [4.78, 5) is 2.28. The molecule has 0 amide bonds. The number of halogens is 1. The average Bonchev–Trinajstić information content (AvgIpc) is 2.86. The molecule has 21 heavy (non-hydrogen) atoms. The Morgan fingerprint density at radius 1 is 1.29 bits per heavy atom. The molecule has 3 nitrogen and oxygen atoms in total. The molecule has 4 heteroatoms. The number of likely N-dealkylation sites (N-methyl/N-ethyl adjacent to an activating group) is 1. The van der Waals surface area contributed by atoms with Crippen molar-refractivity contribution >= 4 is 23.0 Å². The highest BCUT2D eigenvalue weighted by molar-refractivity contribution is 6.30. The van der Waals surface area contributed by atoms with Gasteiger partial charge in [-0.15, -0.1) is 0 Å². The van der Waals surface area contributed by atoms with Gasteiger partial charge in [0.25, 0.3) is 0 Å². The number of hydrogen-bond acceptors (Lipinski definition) is 3. The number of hydrogen-bond donors (Lipinski definition) is 1. The van der Waals surface area contributed by atoms with Gasteiger partial charge in [0.15, 0.2) is 0 Å². The summed E-state index contributed by atoms with van der Waals surface area (Å²) in [5.41, 5.74) is 5.32. The molecule has 0 saturated heterocycles. The number of nitrogens with zero attached hydrogens (tertiary/aromatic N) is 2. The van der Waals surface area contributed by atoms with Crippen molar-refractivity contribution in [1.29, 1.82) is 5.26 Å². The molecule has 1 heterocycles. The first-order valence-electron chi connectivity index (χ1n) is 6.94. The Bertz CT molecular complexity index is 718. The van der Waals surface area contributed by atoms with Gasteiger partial charge in [-0.1, -0.05) is 23.7 Å². The van der Waals surface area contributed by atoms with Gasteiger partial charge in [-0.25, -0.2) is 0 Å². The molecular weight excluding hydrogens is 282 g/mol. The zero-order chi connectivity index (χ0) is 14.8. The van der Waals surface area contributed by atoms with Crippen LogP contribution < -0.4 is 10.2 Å². The van der Waals surface area contributed by atoms with E-state index in [2.05, 4.69) is 41.5 Å². The Hall–Kier alpha value is -2.18. The van der Waals surface area contributed by atoms with Gasteiger partial charge in [0.2, 0.25) is 0 Å². The highest BCUT2D eigenvalue weighted by Gasteiger charge is 2.15. The maximum atomic E-state index is 9.12. The second kappa shape index (κ2) is 5.67. The Kier molecular flexibility index (Phi) is 3.72. The Balaban J connectivity index is 1.77. The van der Waals surface area contributed by atoms with E-state index < -0.39 is 0 Å². The third kappa shape index (κ3) is 2.81. The minimum Gasteiger partial charge on any atom is -0.380 e. The number of anilines is 2. The van der Waals surface area contributed by atoms with E-state index in [1.54, 1.807) is 18.2 Å². The van der Waals surface area contributed by atoms with Crippen LogP contribution in [-0.2, 0) is 13.0 Å². The van der Waals surface area contributed by atoms with Gasteiger partial charge in [0.1, 0.15) is 6.07 Å². The first kappa shape index (κ1) is 13.8. The Morgan fingerprint density at radius 2 is 2.14 bits per heavy atom. The lowest BCUT2D eigenvalue weighted by molar-refractivity contribution is 0.955. The third-order valence-electron chi connectivity index (χ3n) is 3.86. The summed E-state index contributed by atoms with van der Waals surface area (Å²) in [6.07, 6.45) is 1.10. The van der Waals surface area contributed by atoms with Crippen molar-refractivity contribution in [3.63, 3.8) is 0 Å². The topological polar surface area (TPSA) is 39.1 Å². The van der Waals surface area contributed by atoms with Crippen LogP contribution in [0.1, 0.15) is 16.7 Å². The fourth-order valence-corrected chi connectivity index (χ4v) is 2.86. The molecule has 0 atom stereocenters. The molecule has 3 rings (SSSR count). The molecule has 0 unspecified atom stereocenters. The normalized spacial score (nSPS) is 12.9. The highest BCUT2D eigenvalue weighted by atomic mass is 35.5. The van der Waals surface area contributed by atoms with Gasteiger partial charge in [0.05, 0.1) is 11.3 Å². The number of nitrogens with one attached hydrogen (secondary N) is 1. The molecule has 0 aliphatic carbocycles. The van der Waals surface area contributed by atoms with Gasteiger partial charge in [0, 0.05) is 30.8 Å². The lowest BCUT2D eigenvalue weighted by atomic mass is 10.1. The van der Waals surface area contributed by atoms with E-state index in [0.29, 0.717) is 17.1 Å². The van der Waals surface area contributed by atoms with Crippen molar-refractivity contribution in [3.8, 4) is 6.07 Å². The molecule has 0 spiro atoms. The first-order valence-corrected chi connectivity index (χ1v) is 7.31. The summed E-state index contributed by atoms with van der Waals surface area (Å²) < 4.78 is 0. The Labute approximate surface area is 129 Å². The van der Waals surface area contributed by atoms with E-state index >= 15 is 0 Å². The molecule has 1 N–H and O–H groups in total. The average molecular weight is 298 g/mol. The van der Waals surface area contributed by atoms with Crippen LogP contribution in [0.2, 0.25) is 5.02 Å². The predicted octanol–water partition coefficient (Wildman–Crippen LogP) is 3.82. The number of nitriles is 1. The van der Waals surface area contributed by atoms with E-state index in [0.717, 1.165) is 18.7 Å². The van der Waals surface area contributed by atoms with Gasteiger partial charge in [-0.2, -0.15) is 5.26 Å². The summed E-state index contributed by atoms with van der Waals surface area (Å²) in [6, 6.07) is 14.0. The van der Waals surface area contributed by atoms with Gasteiger partial charge < -0.3 is 10.2 Å². The van der Waals surface area contributed by atoms with Crippen LogP contribution in [0.5, 0.6) is 0 Å². The van der Waals surface area contributed by atoms with Gasteiger partial charge in [-0.05, 0) is 41.8 Å². The second-order valence-electron chi connectivity index (χ2n) is 5.29. The molecule has 0 saturated carbocycles. The second-order valence-corrected chi connectivity index (χ2v) is 5.73. The molecule has 0 radical (unpaired) electrons. The molecule has 1 aliphatic heterocycles. The minimum atomic E-state index is 0.611. The quantitative estimate of drug-likeness (QED) is 0.936. The van der Waals surface area contributed by atoms with Crippen LogP contribution in [0, 0.1) is 11.3 Å². The highest BCUT2D eigenvalue weighted by Crippen LogP contribution is 2.28. The van der Waals surface area contributed by atoms with Crippen molar-refractivity contribution in [3.05, 3.63) is 58.1 Å². The van der Waals surface area contributed by atoms with E-state index in [9.17, 15) is 0 Å². The van der Waals surface area contributed by atoms with Crippen LogP contribution in [0.3, 0.4) is 0 Å². The summed E-state index contributed by atoms with van der Waals surface area (Å²) in [5, 5.41) is 13.1. The Morgan fingerprint density at radius 3 is 2.95 bits per heavy atom. The third-order valence-corrected chi connectivity index (χ3v) is 4.09. The van der Waals surface area contributed by atoms with E-state index in [1.807, 2.05) is 0 Å². The predicted molar refractivity (Wildman–Crippen MR) is 86.9 cm³/mol. The summed E-state index contributed by atoms with van der Waals surface area (Å²) in [7, 11) is 2.12. The van der Waals surface area contributed by atoms with E-state index in [4.69, 9.17) is 16.9 Å². The molecule has 2 aromatic rings. The molecule has 0 aromatic heterocycles. The van der Waals surface area contributed by atoms with Gasteiger partial charge >= 0.3 is 0 Å². The molecule has 1 aliphatic rings. The fraction of sp³-hybridized carbons (Fsp3) is 0.235. The van der Waals surface area contributed by atoms with Crippen LogP contribution in [0.25, 0.3) is 0 Å². The fourth-order valence-electron chi connectivity index (χ4n) is 2.69. The largest absolute Gasteiger partial charge is 0.380 e. The van der Waals surface area contributed by atoms with Crippen LogP contribution in [0.15, 0.2) is 36.4 Å². The molecule has 0 fully saturated rings. The zero-order valence-electron chi connectivity index (χ0n) is 11.9. The summed E-state index contributed by atoms with van der Waals surface area (Å²) in [6.45, 7) is 1.77. The van der Waals surface area contributed by atoms with Crippen molar-refractivity contribution in [2.75, 3.05) is 23.8 Å². The maximum absolute atomic E-state index is 9.12. The van der Waals surface area contributed by atoms with Crippen LogP contribution >= 0.6 is 11.6 Å². The lowest BCUT2D eigenvalue weighted by Crippen LogP contribution is -2.12. The molecule has 106 valence electrons. The van der Waals surface area contributed by atoms with Crippen molar-refractivity contribution in [2.24, 2.45) is 0 Å². The molecule has 0 bridgehead atoms. The number of fused-ring (bicyclic) bond motifs is 1.